The molecular weight excluding hydrogens is 247 g/mol. The van der Waals surface area contributed by atoms with Crippen molar-refractivity contribution in [2.45, 2.75) is 18.3 Å². The molecular formula is C9H15ClF3NS. The van der Waals surface area contributed by atoms with Crippen LogP contribution in [0.3, 0.4) is 0 Å². The molecule has 0 N–H and O–H groups in total. The largest absolute Gasteiger partial charge is 0.441 e. The van der Waals surface area contributed by atoms with Crippen LogP contribution in [0.1, 0.15) is 12.8 Å². The third-order valence-corrected chi connectivity index (χ3v) is 3.75. The van der Waals surface area contributed by atoms with Crippen LogP contribution in [0.5, 0.6) is 0 Å². The van der Waals surface area contributed by atoms with Gasteiger partial charge in [-0.1, -0.05) is 0 Å². The van der Waals surface area contributed by atoms with Gasteiger partial charge in [0.1, 0.15) is 0 Å². The normalized spacial score (nSPS) is 20.8. The van der Waals surface area contributed by atoms with Crippen molar-refractivity contribution in [2.75, 3.05) is 31.3 Å². The third-order valence-electron chi connectivity index (χ3n) is 2.60. The summed E-state index contributed by atoms with van der Waals surface area (Å²) in [6.45, 7) is 2.30. The van der Waals surface area contributed by atoms with Crippen molar-refractivity contribution in [3.63, 3.8) is 0 Å². The van der Waals surface area contributed by atoms with Gasteiger partial charge >= 0.3 is 5.51 Å². The van der Waals surface area contributed by atoms with Crippen molar-refractivity contribution in [3.8, 4) is 0 Å². The van der Waals surface area contributed by atoms with E-state index in [0.717, 1.165) is 25.9 Å². The zero-order valence-corrected chi connectivity index (χ0v) is 9.97. The van der Waals surface area contributed by atoms with Crippen LogP contribution in [0.4, 0.5) is 13.2 Å². The van der Waals surface area contributed by atoms with E-state index in [4.69, 9.17) is 11.6 Å². The number of hydrogen-bond donors (Lipinski definition) is 0. The van der Waals surface area contributed by atoms with E-state index in [-0.39, 0.29) is 17.5 Å². The lowest BCUT2D eigenvalue weighted by atomic mass is 9.99. The van der Waals surface area contributed by atoms with Crippen molar-refractivity contribution in [1.29, 1.82) is 0 Å². The zero-order chi connectivity index (χ0) is 11.3. The molecule has 1 heterocycles. The summed E-state index contributed by atoms with van der Waals surface area (Å²) >= 11 is 5.79. The van der Waals surface area contributed by atoms with E-state index in [9.17, 15) is 13.2 Å². The molecule has 0 bridgehead atoms. The Morgan fingerprint density at radius 1 is 1.27 bits per heavy atom. The van der Waals surface area contributed by atoms with E-state index in [0.29, 0.717) is 18.3 Å². The third kappa shape index (κ3) is 5.88. The Labute approximate surface area is 97.3 Å². The maximum absolute atomic E-state index is 11.9. The number of nitrogens with zero attached hydrogens (tertiary/aromatic N) is 1. The number of alkyl halides is 4. The molecule has 0 aromatic carbocycles. The molecule has 1 aliphatic rings. The van der Waals surface area contributed by atoms with Crippen molar-refractivity contribution in [2.24, 2.45) is 5.92 Å². The number of likely N-dealkylation sites (tertiary alicyclic amines) is 1. The average molecular weight is 262 g/mol. The Hall–Kier alpha value is 0.390. The van der Waals surface area contributed by atoms with Gasteiger partial charge in [-0.2, -0.15) is 13.2 Å². The van der Waals surface area contributed by atoms with Crippen LogP contribution in [-0.4, -0.2) is 41.7 Å². The van der Waals surface area contributed by atoms with Gasteiger partial charge in [-0.3, -0.25) is 0 Å². The fraction of sp³-hybridized carbons (Fsp3) is 1.00. The highest BCUT2D eigenvalue weighted by Crippen LogP contribution is 2.30. The molecule has 0 radical (unpaired) electrons. The maximum atomic E-state index is 11.9. The Balaban J connectivity index is 2.09. The smallest absolute Gasteiger partial charge is 0.302 e. The molecule has 0 aromatic heterocycles. The van der Waals surface area contributed by atoms with Gasteiger partial charge in [0.25, 0.3) is 0 Å². The molecule has 1 rings (SSSR count). The number of piperidine rings is 1. The Kier molecular flexibility index (Phi) is 5.57. The van der Waals surface area contributed by atoms with Crippen molar-refractivity contribution < 1.29 is 13.2 Å². The summed E-state index contributed by atoms with van der Waals surface area (Å²) < 4.78 is 35.6. The fourth-order valence-electron chi connectivity index (χ4n) is 1.65. The predicted octanol–water partition coefficient (Wildman–Crippen LogP) is 3.19. The molecule has 1 aliphatic heterocycles. The molecule has 0 spiro atoms. The summed E-state index contributed by atoms with van der Waals surface area (Å²) in [4.78, 5) is 2.09. The van der Waals surface area contributed by atoms with E-state index in [1.165, 1.54) is 0 Å². The maximum Gasteiger partial charge on any atom is 0.441 e. The standard InChI is InChI=1S/C9H15ClF3NS/c10-7-8-1-3-14(4-2-8)5-6-15-9(11,12)13/h8H,1-7H2. The molecule has 0 atom stereocenters. The fourth-order valence-corrected chi connectivity index (χ4v) is 2.54. The molecule has 1 saturated heterocycles. The molecule has 0 aromatic rings. The molecule has 1 fully saturated rings. The monoisotopic (exact) mass is 261 g/mol. The summed E-state index contributed by atoms with van der Waals surface area (Å²) in [5.74, 6) is 1.36. The van der Waals surface area contributed by atoms with Crippen LogP contribution in [0.2, 0.25) is 0 Å². The van der Waals surface area contributed by atoms with Crippen molar-refractivity contribution in [1.82, 2.24) is 4.90 Å². The first-order valence-corrected chi connectivity index (χ1v) is 6.52. The minimum Gasteiger partial charge on any atom is -0.302 e. The second kappa shape index (κ2) is 6.21. The molecule has 90 valence electrons. The molecule has 0 aliphatic carbocycles. The van der Waals surface area contributed by atoms with E-state index < -0.39 is 5.51 Å². The van der Waals surface area contributed by atoms with Gasteiger partial charge in [0.2, 0.25) is 0 Å². The number of rotatable bonds is 4. The lowest BCUT2D eigenvalue weighted by Gasteiger charge is -2.30. The van der Waals surface area contributed by atoms with Crippen molar-refractivity contribution >= 4 is 23.4 Å². The van der Waals surface area contributed by atoms with Gasteiger partial charge in [0.05, 0.1) is 0 Å². The van der Waals surface area contributed by atoms with E-state index >= 15 is 0 Å². The highest BCUT2D eigenvalue weighted by molar-refractivity contribution is 8.00. The van der Waals surface area contributed by atoms with Gasteiger partial charge in [0, 0.05) is 18.2 Å². The van der Waals surface area contributed by atoms with Crippen LogP contribution in [-0.2, 0) is 0 Å². The summed E-state index contributed by atoms with van der Waals surface area (Å²) in [5, 5.41) is 0. The molecule has 0 amide bonds. The summed E-state index contributed by atoms with van der Waals surface area (Å²) in [6.07, 6.45) is 2.03. The van der Waals surface area contributed by atoms with E-state index in [1.54, 1.807) is 0 Å². The molecule has 0 unspecified atom stereocenters. The lowest BCUT2D eigenvalue weighted by molar-refractivity contribution is -0.0329. The molecule has 1 nitrogen and oxygen atoms in total. The molecule has 6 heteroatoms. The van der Waals surface area contributed by atoms with Gasteiger partial charge in [-0.05, 0) is 43.6 Å². The van der Waals surface area contributed by atoms with Gasteiger partial charge < -0.3 is 4.90 Å². The molecule has 15 heavy (non-hydrogen) atoms. The second-order valence-corrected chi connectivity index (χ2v) is 5.20. The van der Waals surface area contributed by atoms with Gasteiger partial charge in [-0.15, -0.1) is 11.6 Å². The van der Waals surface area contributed by atoms with Crippen LogP contribution in [0.15, 0.2) is 0 Å². The average Bonchev–Trinajstić information content (AvgIpc) is 2.17. The summed E-state index contributed by atoms with van der Waals surface area (Å²) in [7, 11) is 0. The number of thioether (sulfide) groups is 1. The van der Waals surface area contributed by atoms with Gasteiger partial charge in [-0.25, -0.2) is 0 Å². The van der Waals surface area contributed by atoms with Crippen LogP contribution >= 0.6 is 23.4 Å². The minimum absolute atomic E-state index is 0.0660. The Bertz CT molecular complexity index is 181. The topological polar surface area (TPSA) is 3.24 Å². The van der Waals surface area contributed by atoms with E-state index in [2.05, 4.69) is 4.90 Å². The van der Waals surface area contributed by atoms with Crippen molar-refractivity contribution in [3.05, 3.63) is 0 Å². The summed E-state index contributed by atoms with van der Waals surface area (Å²) in [6, 6.07) is 0. The first-order valence-electron chi connectivity index (χ1n) is 5.00. The van der Waals surface area contributed by atoms with E-state index in [1.807, 2.05) is 0 Å². The first-order chi connectivity index (χ1) is 7.01. The SMILES string of the molecule is FC(F)(F)SCCN1CCC(CCl)CC1. The first kappa shape index (κ1) is 13.5. The van der Waals surface area contributed by atoms with Crippen LogP contribution < -0.4 is 0 Å². The van der Waals surface area contributed by atoms with Crippen LogP contribution in [0.25, 0.3) is 0 Å². The Morgan fingerprint density at radius 3 is 2.33 bits per heavy atom. The molecule has 0 saturated carbocycles. The van der Waals surface area contributed by atoms with Crippen LogP contribution in [0, 0.1) is 5.92 Å². The highest BCUT2D eigenvalue weighted by Gasteiger charge is 2.28. The minimum atomic E-state index is -4.09. The predicted molar refractivity (Wildman–Crippen MR) is 58.4 cm³/mol. The summed E-state index contributed by atoms with van der Waals surface area (Å²) in [5.41, 5.74) is -4.09. The number of halogens is 4. The Morgan fingerprint density at radius 2 is 1.87 bits per heavy atom. The number of hydrogen-bond acceptors (Lipinski definition) is 2. The second-order valence-electron chi connectivity index (χ2n) is 3.73. The quantitative estimate of drug-likeness (QED) is 0.715. The zero-order valence-electron chi connectivity index (χ0n) is 8.39. The lowest BCUT2D eigenvalue weighted by Crippen LogP contribution is -2.35. The van der Waals surface area contributed by atoms with Gasteiger partial charge in [0.15, 0.2) is 0 Å². The highest BCUT2D eigenvalue weighted by atomic mass is 35.5.